The molecule has 0 aliphatic rings. The Balaban J connectivity index is 1.70. The van der Waals surface area contributed by atoms with E-state index in [0.29, 0.717) is 11.3 Å². The Kier molecular flexibility index (Phi) is 5.15. The number of carbonyl (C=O) groups excluding carboxylic acids is 1. The maximum Gasteiger partial charge on any atom is 0.255 e. The average Bonchev–Trinajstić information content (AvgIpc) is 2.57. The van der Waals surface area contributed by atoms with E-state index in [-0.39, 0.29) is 5.91 Å². The summed E-state index contributed by atoms with van der Waals surface area (Å²) in [6.07, 6.45) is 0. The van der Waals surface area contributed by atoms with Gasteiger partial charge in [0, 0.05) is 9.13 Å². The molecular formula is C20H16INO2. The van der Waals surface area contributed by atoms with Crippen molar-refractivity contribution >= 4 is 34.2 Å². The second-order valence-corrected chi connectivity index (χ2v) is 6.54. The molecule has 3 rings (SSSR count). The van der Waals surface area contributed by atoms with Crippen molar-refractivity contribution in [3.05, 3.63) is 87.5 Å². The van der Waals surface area contributed by atoms with Gasteiger partial charge in [-0.15, -0.1) is 0 Å². The molecule has 0 radical (unpaired) electrons. The van der Waals surface area contributed by atoms with Crippen molar-refractivity contribution in [3.8, 4) is 11.5 Å². The lowest BCUT2D eigenvalue weighted by atomic mass is 10.2. The highest BCUT2D eigenvalue weighted by atomic mass is 127. The Labute approximate surface area is 154 Å². The molecule has 0 heterocycles. The van der Waals surface area contributed by atoms with Crippen LogP contribution in [0.15, 0.2) is 72.8 Å². The smallest absolute Gasteiger partial charge is 0.255 e. The predicted octanol–water partition coefficient (Wildman–Crippen LogP) is 5.64. The highest BCUT2D eigenvalue weighted by Gasteiger charge is 2.08. The van der Waals surface area contributed by atoms with Gasteiger partial charge in [0.25, 0.3) is 5.91 Å². The highest BCUT2D eigenvalue weighted by Crippen LogP contribution is 2.23. The summed E-state index contributed by atoms with van der Waals surface area (Å²) in [6, 6.07) is 22.6. The third-order valence-electron chi connectivity index (χ3n) is 3.46. The van der Waals surface area contributed by atoms with Crippen LogP contribution in [0.4, 0.5) is 5.69 Å². The Morgan fingerprint density at radius 2 is 1.67 bits per heavy atom. The summed E-state index contributed by atoms with van der Waals surface area (Å²) in [5, 5.41) is 2.92. The lowest BCUT2D eigenvalue weighted by molar-refractivity contribution is 0.102. The molecule has 0 unspecified atom stereocenters. The van der Waals surface area contributed by atoms with Crippen LogP contribution in [0.2, 0.25) is 0 Å². The van der Waals surface area contributed by atoms with Gasteiger partial charge in [0.1, 0.15) is 11.5 Å². The van der Waals surface area contributed by atoms with E-state index < -0.39 is 0 Å². The minimum atomic E-state index is -0.138. The fourth-order valence-corrected chi connectivity index (χ4v) is 2.77. The highest BCUT2D eigenvalue weighted by molar-refractivity contribution is 14.1. The predicted molar refractivity (Wildman–Crippen MR) is 105 cm³/mol. The third-order valence-corrected chi connectivity index (χ3v) is 4.40. The van der Waals surface area contributed by atoms with E-state index >= 15 is 0 Å². The van der Waals surface area contributed by atoms with Crippen LogP contribution < -0.4 is 10.1 Å². The molecule has 3 nitrogen and oxygen atoms in total. The molecule has 0 saturated heterocycles. The molecule has 1 amide bonds. The van der Waals surface area contributed by atoms with Crippen LogP contribution in [0, 0.1) is 10.5 Å². The number of amides is 1. The van der Waals surface area contributed by atoms with E-state index in [2.05, 4.69) is 27.9 Å². The molecule has 0 atom stereocenters. The summed E-state index contributed by atoms with van der Waals surface area (Å²) < 4.78 is 6.80. The number of rotatable bonds is 4. The zero-order chi connectivity index (χ0) is 16.9. The summed E-state index contributed by atoms with van der Waals surface area (Å²) in [4.78, 5) is 12.3. The van der Waals surface area contributed by atoms with Crippen LogP contribution in [0.1, 0.15) is 15.9 Å². The fraction of sp³-hybridized carbons (Fsp3) is 0.0500. The molecule has 0 aliphatic heterocycles. The maximum absolute atomic E-state index is 12.3. The largest absolute Gasteiger partial charge is 0.457 e. The first-order valence-corrected chi connectivity index (χ1v) is 8.60. The summed E-state index contributed by atoms with van der Waals surface area (Å²) >= 11 is 2.20. The van der Waals surface area contributed by atoms with Crippen LogP contribution >= 0.6 is 22.6 Å². The molecule has 0 saturated carbocycles. The van der Waals surface area contributed by atoms with Crippen LogP contribution in [0.3, 0.4) is 0 Å². The molecule has 0 spiro atoms. The first kappa shape index (κ1) is 16.5. The minimum absolute atomic E-state index is 0.138. The maximum atomic E-state index is 12.3. The number of ether oxygens (including phenoxy) is 1. The van der Waals surface area contributed by atoms with Gasteiger partial charge in [0.2, 0.25) is 0 Å². The molecular weight excluding hydrogens is 413 g/mol. The lowest BCUT2D eigenvalue weighted by Gasteiger charge is -2.09. The monoisotopic (exact) mass is 429 g/mol. The standard InChI is InChI=1S/C20H16INO2/c1-14-5-4-6-17(13-14)24-16-11-9-15(10-12-16)20(23)22-19-8-3-2-7-18(19)21/h2-13H,1H3,(H,22,23). The van der Waals surface area contributed by atoms with Gasteiger partial charge in [-0.05, 0) is 83.6 Å². The number of para-hydroxylation sites is 1. The number of carbonyl (C=O) groups is 1. The second kappa shape index (κ2) is 7.49. The van der Waals surface area contributed by atoms with Crippen molar-refractivity contribution < 1.29 is 9.53 Å². The first-order valence-electron chi connectivity index (χ1n) is 7.52. The van der Waals surface area contributed by atoms with Gasteiger partial charge in [-0.1, -0.05) is 24.3 Å². The van der Waals surface area contributed by atoms with Crippen LogP contribution in [0.5, 0.6) is 11.5 Å². The van der Waals surface area contributed by atoms with E-state index in [4.69, 9.17) is 4.74 Å². The number of benzene rings is 3. The number of hydrogen-bond acceptors (Lipinski definition) is 2. The molecule has 24 heavy (non-hydrogen) atoms. The molecule has 0 fully saturated rings. The summed E-state index contributed by atoms with van der Waals surface area (Å²) in [5.74, 6) is 1.35. The van der Waals surface area contributed by atoms with Crippen LogP contribution in [0.25, 0.3) is 0 Å². The van der Waals surface area contributed by atoms with E-state index in [1.165, 1.54) is 0 Å². The van der Waals surface area contributed by atoms with Gasteiger partial charge in [-0.3, -0.25) is 4.79 Å². The fourth-order valence-electron chi connectivity index (χ4n) is 2.25. The van der Waals surface area contributed by atoms with E-state index in [1.54, 1.807) is 24.3 Å². The Bertz CT molecular complexity index is 860. The Morgan fingerprint density at radius 1 is 0.917 bits per heavy atom. The van der Waals surface area contributed by atoms with Gasteiger partial charge in [-0.25, -0.2) is 0 Å². The Hall–Kier alpha value is -2.34. The lowest BCUT2D eigenvalue weighted by Crippen LogP contribution is -2.12. The summed E-state index contributed by atoms with van der Waals surface area (Å²) in [5.41, 5.74) is 2.54. The van der Waals surface area contributed by atoms with Crippen molar-refractivity contribution in [1.29, 1.82) is 0 Å². The molecule has 0 aliphatic carbocycles. The molecule has 4 heteroatoms. The van der Waals surface area contributed by atoms with Gasteiger partial charge < -0.3 is 10.1 Å². The summed E-state index contributed by atoms with van der Waals surface area (Å²) in [6.45, 7) is 2.02. The topological polar surface area (TPSA) is 38.3 Å². The third kappa shape index (κ3) is 4.14. The SMILES string of the molecule is Cc1cccc(Oc2ccc(C(=O)Nc3ccccc3I)cc2)c1. The molecule has 0 aromatic heterocycles. The van der Waals surface area contributed by atoms with Crippen molar-refractivity contribution in [2.45, 2.75) is 6.92 Å². The number of aryl methyl sites for hydroxylation is 1. The summed E-state index contributed by atoms with van der Waals surface area (Å²) in [7, 11) is 0. The normalized spacial score (nSPS) is 10.2. The van der Waals surface area contributed by atoms with Crippen molar-refractivity contribution in [2.24, 2.45) is 0 Å². The van der Waals surface area contributed by atoms with Gasteiger partial charge in [0.05, 0.1) is 5.69 Å². The zero-order valence-corrected chi connectivity index (χ0v) is 15.3. The van der Waals surface area contributed by atoms with Crippen molar-refractivity contribution in [3.63, 3.8) is 0 Å². The zero-order valence-electron chi connectivity index (χ0n) is 13.1. The van der Waals surface area contributed by atoms with Crippen molar-refractivity contribution in [1.82, 2.24) is 0 Å². The average molecular weight is 429 g/mol. The van der Waals surface area contributed by atoms with E-state index in [1.807, 2.05) is 55.5 Å². The first-order chi connectivity index (χ1) is 11.6. The van der Waals surface area contributed by atoms with Gasteiger partial charge in [0.15, 0.2) is 0 Å². The molecule has 3 aromatic carbocycles. The number of nitrogens with one attached hydrogen (secondary N) is 1. The van der Waals surface area contributed by atoms with E-state index in [0.717, 1.165) is 20.6 Å². The van der Waals surface area contributed by atoms with Gasteiger partial charge >= 0.3 is 0 Å². The van der Waals surface area contributed by atoms with Crippen LogP contribution in [-0.2, 0) is 0 Å². The van der Waals surface area contributed by atoms with Crippen LogP contribution in [-0.4, -0.2) is 5.91 Å². The molecule has 1 N–H and O–H groups in total. The number of anilines is 1. The second-order valence-electron chi connectivity index (χ2n) is 5.38. The quantitative estimate of drug-likeness (QED) is 0.545. The molecule has 120 valence electrons. The van der Waals surface area contributed by atoms with Gasteiger partial charge in [-0.2, -0.15) is 0 Å². The molecule has 3 aromatic rings. The number of halogens is 1. The Morgan fingerprint density at radius 3 is 2.38 bits per heavy atom. The number of hydrogen-bond donors (Lipinski definition) is 1. The minimum Gasteiger partial charge on any atom is -0.457 e. The van der Waals surface area contributed by atoms with E-state index in [9.17, 15) is 4.79 Å². The van der Waals surface area contributed by atoms with Crippen molar-refractivity contribution in [2.75, 3.05) is 5.32 Å². The molecule has 0 bridgehead atoms.